The second kappa shape index (κ2) is 7.79. The van der Waals surface area contributed by atoms with Crippen LogP contribution in [-0.2, 0) is 16.6 Å². The largest absolute Gasteiger partial charge is 0.339 e. The number of amides is 1. The Bertz CT molecular complexity index is 1120. The molecule has 0 bridgehead atoms. The van der Waals surface area contributed by atoms with Gasteiger partial charge in [0.25, 0.3) is 0 Å². The van der Waals surface area contributed by atoms with Gasteiger partial charge in [-0.3, -0.25) is 4.79 Å². The lowest BCUT2D eigenvalue weighted by atomic mass is 9.96. The fourth-order valence-electron chi connectivity index (χ4n) is 2.90. The number of aromatic amines is 1. The predicted molar refractivity (Wildman–Crippen MR) is 114 cm³/mol. The van der Waals surface area contributed by atoms with Crippen molar-refractivity contribution in [3.05, 3.63) is 47.4 Å². The minimum atomic E-state index is -0.145. The lowest BCUT2D eigenvalue weighted by Gasteiger charge is -2.10. The summed E-state index contributed by atoms with van der Waals surface area (Å²) in [4.78, 5) is 25.7. The van der Waals surface area contributed by atoms with Gasteiger partial charge in [0, 0.05) is 23.9 Å². The van der Waals surface area contributed by atoms with E-state index in [-0.39, 0.29) is 11.3 Å². The summed E-state index contributed by atoms with van der Waals surface area (Å²) in [7, 11) is 0. The first kappa shape index (κ1) is 19.3. The van der Waals surface area contributed by atoms with E-state index >= 15 is 0 Å². The maximum absolute atomic E-state index is 12.3. The van der Waals surface area contributed by atoms with Crippen LogP contribution in [0, 0.1) is 0 Å². The van der Waals surface area contributed by atoms with Gasteiger partial charge in [0.2, 0.25) is 11.8 Å². The Hall–Kier alpha value is -3.00. The lowest BCUT2D eigenvalue weighted by molar-refractivity contribution is -0.116. The molecule has 2 N–H and O–H groups in total. The van der Waals surface area contributed by atoms with Gasteiger partial charge in [-0.05, 0) is 36.1 Å². The second-order valence-corrected chi connectivity index (χ2v) is 8.91. The highest BCUT2D eigenvalue weighted by Crippen LogP contribution is 2.26. The number of hydrogen-bond acceptors (Lipinski definition) is 6. The van der Waals surface area contributed by atoms with Crippen molar-refractivity contribution in [2.75, 3.05) is 5.32 Å². The summed E-state index contributed by atoms with van der Waals surface area (Å²) in [6.45, 7) is 6.11. The van der Waals surface area contributed by atoms with Crippen molar-refractivity contribution in [1.29, 1.82) is 0 Å². The van der Waals surface area contributed by atoms with Crippen LogP contribution in [0.3, 0.4) is 0 Å². The molecule has 3 aromatic heterocycles. The first-order chi connectivity index (χ1) is 13.9. The number of imidazole rings is 1. The maximum atomic E-state index is 12.3. The van der Waals surface area contributed by atoms with Gasteiger partial charge in [-0.1, -0.05) is 32.0 Å². The molecule has 0 spiro atoms. The summed E-state index contributed by atoms with van der Waals surface area (Å²) < 4.78 is 5.27. The van der Waals surface area contributed by atoms with Gasteiger partial charge < -0.3 is 14.8 Å². The molecule has 4 rings (SSSR count). The summed E-state index contributed by atoms with van der Waals surface area (Å²) in [5.74, 6) is 2.06. The molecule has 0 saturated heterocycles. The fourth-order valence-corrected chi connectivity index (χ4v) is 3.57. The zero-order chi connectivity index (χ0) is 20.4. The molecule has 0 unspecified atom stereocenters. The quantitative estimate of drug-likeness (QED) is 0.470. The summed E-state index contributed by atoms with van der Waals surface area (Å²) in [5.41, 5.74) is 2.37. The van der Waals surface area contributed by atoms with Gasteiger partial charge in [-0.2, -0.15) is 4.98 Å². The van der Waals surface area contributed by atoms with Gasteiger partial charge in [0.05, 0.1) is 15.9 Å². The van der Waals surface area contributed by atoms with Crippen molar-refractivity contribution in [1.82, 2.24) is 20.1 Å². The summed E-state index contributed by atoms with van der Waals surface area (Å²) in [5, 5.41) is 8.97. The van der Waals surface area contributed by atoms with E-state index in [1.165, 1.54) is 0 Å². The van der Waals surface area contributed by atoms with Crippen LogP contribution in [0.25, 0.3) is 21.7 Å². The number of thiophene rings is 1. The Kier molecular flexibility index (Phi) is 5.19. The number of rotatable bonds is 6. The molecule has 8 heteroatoms. The van der Waals surface area contributed by atoms with E-state index in [1.807, 2.05) is 56.5 Å². The molecular weight excluding hydrogens is 386 g/mol. The highest BCUT2D eigenvalue weighted by Gasteiger charge is 2.20. The van der Waals surface area contributed by atoms with Gasteiger partial charge in [-0.15, -0.1) is 11.3 Å². The predicted octanol–water partition coefficient (Wildman–Crippen LogP) is 4.93. The first-order valence-electron chi connectivity index (χ1n) is 9.55. The SMILES string of the molecule is CC(C)(C)c1noc(CCCC(=O)Nc2ccc3nc(-c4cccs4)[nH]c3c2)n1. The monoisotopic (exact) mass is 409 g/mol. The molecule has 0 atom stereocenters. The molecule has 0 fully saturated rings. The van der Waals surface area contributed by atoms with E-state index in [9.17, 15) is 4.79 Å². The number of fused-ring (bicyclic) bond motifs is 1. The summed E-state index contributed by atoms with van der Waals surface area (Å²) >= 11 is 1.64. The second-order valence-electron chi connectivity index (χ2n) is 7.96. The van der Waals surface area contributed by atoms with Crippen molar-refractivity contribution in [3.8, 4) is 10.7 Å². The molecule has 0 aliphatic carbocycles. The van der Waals surface area contributed by atoms with E-state index in [0.717, 1.165) is 27.4 Å². The normalized spacial score (nSPS) is 11.8. The number of aryl methyl sites for hydroxylation is 1. The van der Waals surface area contributed by atoms with E-state index in [4.69, 9.17) is 4.52 Å². The Balaban J connectivity index is 1.33. The molecule has 0 aliphatic rings. The van der Waals surface area contributed by atoms with Crippen LogP contribution >= 0.6 is 11.3 Å². The lowest BCUT2D eigenvalue weighted by Crippen LogP contribution is -2.13. The minimum absolute atomic E-state index is 0.0436. The molecule has 0 radical (unpaired) electrons. The van der Waals surface area contributed by atoms with Crippen molar-refractivity contribution in [2.45, 2.75) is 45.4 Å². The molecule has 29 heavy (non-hydrogen) atoms. The highest BCUT2D eigenvalue weighted by molar-refractivity contribution is 7.13. The molecular formula is C21H23N5O2S. The number of nitrogens with zero attached hydrogens (tertiary/aromatic N) is 3. The van der Waals surface area contributed by atoms with Crippen LogP contribution in [0.4, 0.5) is 5.69 Å². The Morgan fingerprint density at radius 2 is 2.10 bits per heavy atom. The highest BCUT2D eigenvalue weighted by atomic mass is 32.1. The standard InChI is InChI=1S/C21H23N5O2S/c1-21(2,3)20-25-18(28-26-20)8-4-7-17(27)22-13-9-10-14-15(12-13)24-19(23-14)16-6-5-11-29-16/h5-6,9-12H,4,7-8H2,1-3H3,(H,22,27)(H,23,24). The van der Waals surface area contributed by atoms with Crippen LogP contribution in [0.5, 0.6) is 0 Å². The number of hydrogen-bond donors (Lipinski definition) is 2. The number of benzene rings is 1. The third kappa shape index (κ3) is 4.54. The average molecular weight is 410 g/mol. The molecule has 0 aliphatic heterocycles. The Morgan fingerprint density at radius 3 is 2.83 bits per heavy atom. The number of H-pyrrole nitrogens is 1. The van der Waals surface area contributed by atoms with Crippen molar-refractivity contribution in [2.24, 2.45) is 0 Å². The number of carbonyl (C=O) groups excluding carboxylic acids is 1. The number of aromatic nitrogens is 4. The van der Waals surface area contributed by atoms with E-state index < -0.39 is 0 Å². The van der Waals surface area contributed by atoms with Crippen LogP contribution in [0.2, 0.25) is 0 Å². The van der Waals surface area contributed by atoms with Gasteiger partial charge in [-0.25, -0.2) is 4.98 Å². The van der Waals surface area contributed by atoms with Crippen LogP contribution in [-0.4, -0.2) is 26.0 Å². The Morgan fingerprint density at radius 1 is 1.24 bits per heavy atom. The third-order valence-corrected chi connectivity index (χ3v) is 5.33. The van der Waals surface area contributed by atoms with Crippen molar-refractivity contribution < 1.29 is 9.32 Å². The third-order valence-electron chi connectivity index (χ3n) is 4.45. The van der Waals surface area contributed by atoms with E-state index in [0.29, 0.717) is 31.0 Å². The van der Waals surface area contributed by atoms with Crippen molar-refractivity contribution in [3.63, 3.8) is 0 Å². The molecule has 1 amide bonds. The molecule has 150 valence electrons. The summed E-state index contributed by atoms with van der Waals surface area (Å²) in [6.07, 6.45) is 1.61. The van der Waals surface area contributed by atoms with Crippen LogP contribution < -0.4 is 5.32 Å². The smallest absolute Gasteiger partial charge is 0.226 e. The zero-order valence-electron chi connectivity index (χ0n) is 16.7. The summed E-state index contributed by atoms with van der Waals surface area (Å²) in [6, 6.07) is 9.71. The number of nitrogens with one attached hydrogen (secondary N) is 2. The van der Waals surface area contributed by atoms with Gasteiger partial charge in [0.1, 0.15) is 5.82 Å². The van der Waals surface area contributed by atoms with Crippen LogP contribution in [0.1, 0.15) is 45.3 Å². The molecule has 7 nitrogen and oxygen atoms in total. The van der Waals surface area contributed by atoms with Gasteiger partial charge >= 0.3 is 0 Å². The average Bonchev–Trinajstić information content (AvgIpc) is 3.40. The van der Waals surface area contributed by atoms with Crippen LogP contribution in [0.15, 0.2) is 40.2 Å². The van der Waals surface area contributed by atoms with Crippen molar-refractivity contribution >= 4 is 34.0 Å². The number of carbonyl (C=O) groups is 1. The molecule has 0 saturated carbocycles. The molecule has 1 aromatic carbocycles. The molecule has 4 aromatic rings. The van der Waals surface area contributed by atoms with E-state index in [2.05, 4.69) is 25.4 Å². The topological polar surface area (TPSA) is 96.7 Å². The van der Waals surface area contributed by atoms with E-state index in [1.54, 1.807) is 11.3 Å². The molecule has 3 heterocycles. The maximum Gasteiger partial charge on any atom is 0.226 e. The first-order valence-corrected chi connectivity index (χ1v) is 10.4. The minimum Gasteiger partial charge on any atom is -0.339 e. The Labute approximate surface area is 172 Å². The fraction of sp³-hybridized carbons (Fsp3) is 0.333. The zero-order valence-corrected chi connectivity index (χ0v) is 17.5. The van der Waals surface area contributed by atoms with Gasteiger partial charge in [0.15, 0.2) is 5.82 Å². The number of anilines is 1.